The van der Waals surface area contributed by atoms with Crippen LogP contribution in [-0.2, 0) is 25.6 Å². The van der Waals surface area contributed by atoms with Gasteiger partial charge in [-0.1, -0.05) is 30.9 Å². The van der Waals surface area contributed by atoms with Crippen LogP contribution in [-0.4, -0.2) is 66.0 Å². The lowest BCUT2D eigenvalue weighted by molar-refractivity contribution is -0.142. The highest BCUT2D eigenvalue weighted by Gasteiger charge is 2.28. The molecule has 38 heavy (non-hydrogen) atoms. The van der Waals surface area contributed by atoms with Crippen molar-refractivity contribution in [3.63, 3.8) is 0 Å². The van der Waals surface area contributed by atoms with Crippen molar-refractivity contribution < 1.29 is 29.0 Å². The summed E-state index contributed by atoms with van der Waals surface area (Å²) in [7, 11) is 0. The summed E-state index contributed by atoms with van der Waals surface area (Å²) in [6, 6.07) is 3.67. The van der Waals surface area contributed by atoms with E-state index in [4.69, 9.17) is 16.2 Å². The zero-order chi connectivity index (χ0) is 27.8. The van der Waals surface area contributed by atoms with Crippen LogP contribution in [0.1, 0.15) is 31.7 Å². The number of nitrogens with one attached hydrogen (secondary N) is 3. The highest BCUT2D eigenvalue weighted by atomic mass is 35.5. The van der Waals surface area contributed by atoms with Crippen molar-refractivity contribution in [2.45, 2.75) is 50.7 Å². The summed E-state index contributed by atoms with van der Waals surface area (Å²) in [6.45, 7) is 8.91. The molecule has 3 amide bonds. The first-order valence-corrected chi connectivity index (χ1v) is 11.7. The fourth-order valence-electron chi connectivity index (χ4n) is 3.27. The van der Waals surface area contributed by atoms with Crippen molar-refractivity contribution >= 4 is 42.1 Å². The molecule has 1 aromatic carbocycles. The number of carboxylic acids is 1. The smallest absolute Gasteiger partial charge is 0.326 e. The van der Waals surface area contributed by atoms with Gasteiger partial charge in [0.05, 0.1) is 0 Å². The summed E-state index contributed by atoms with van der Waals surface area (Å²) in [5.74, 6) is -2.48. The van der Waals surface area contributed by atoms with E-state index in [1.54, 1.807) is 30.3 Å². The molecule has 0 radical (unpaired) electrons. The number of guanidine groups is 1. The second kappa shape index (κ2) is 18.2. The highest BCUT2D eigenvalue weighted by Crippen LogP contribution is 2.14. The number of carboxylic acid groups (broad SMARTS) is 1. The number of aliphatic carboxylic acids is 1. The molecule has 210 valence electrons. The van der Waals surface area contributed by atoms with Gasteiger partial charge in [0, 0.05) is 19.9 Å². The molecule has 0 saturated heterocycles. The van der Waals surface area contributed by atoms with Gasteiger partial charge in [0.2, 0.25) is 17.7 Å². The molecule has 0 aliphatic heterocycles. The summed E-state index contributed by atoms with van der Waals surface area (Å²) in [4.78, 5) is 53.2. The van der Waals surface area contributed by atoms with Gasteiger partial charge in [-0.3, -0.25) is 19.4 Å². The molecule has 0 saturated carbocycles. The number of aliphatic imine (C=N–C) groups is 1. The minimum atomic E-state index is -1.24. The third-order valence-corrected chi connectivity index (χ3v) is 5.02. The highest BCUT2D eigenvalue weighted by molar-refractivity contribution is 5.93. The number of benzene rings is 1. The number of ether oxygens (including phenoxy) is 1. The first-order valence-electron chi connectivity index (χ1n) is 11.7. The quantitative estimate of drug-likeness (QED) is 0.0690. The summed E-state index contributed by atoms with van der Waals surface area (Å²) in [5.41, 5.74) is 11.4. The number of hydrogen-bond acceptors (Lipinski definition) is 6. The Hall–Kier alpha value is -4.06. The number of rotatable bonds is 17. The Morgan fingerprint density at radius 1 is 1.00 bits per heavy atom. The molecule has 0 unspecified atom stereocenters. The summed E-state index contributed by atoms with van der Waals surface area (Å²) >= 11 is 0. The maximum Gasteiger partial charge on any atom is 0.326 e. The van der Waals surface area contributed by atoms with Gasteiger partial charge in [0.15, 0.2) is 5.96 Å². The molecule has 8 N–H and O–H groups in total. The Bertz CT molecular complexity index is 981. The van der Waals surface area contributed by atoms with Crippen LogP contribution in [0.4, 0.5) is 0 Å². The average molecular weight is 553 g/mol. The molecule has 0 bridgehead atoms. The van der Waals surface area contributed by atoms with Crippen molar-refractivity contribution in [3.05, 3.63) is 55.1 Å². The molecule has 0 heterocycles. The van der Waals surface area contributed by atoms with Gasteiger partial charge >= 0.3 is 5.97 Å². The van der Waals surface area contributed by atoms with Crippen LogP contribution in [0, 0.1) is 0 Å². The second-order valence-corrected chi connectivity index (χ2v) is 8.13. The molecule has 3 atom stereocenters. The molecule has 13 heteroatoms. The van der Waals surface area contributed by atoms with Crippen LogP contribution in [0.5, 0.6) is 5.75 Å². The predicted octanol–water partition coefficient (Wildman–Crippen LogP) is 0.404. The number of nitrogens with zero attached hydrogens (tertiary/aromatic N) is 1. The second-order valence-electron chi connectivity index (χ2n) is 8.13. The zero-order valence-electron chi connectivity index (χ0n) is 21.4. The summed E-state index contributed by atoms with van der Waals surface area (Å²) in [6.07, 6.45) is 3.57. The molecular weight excluding hydrogens is 516 g/mol. The third kappa shape index (κ3) is 13.3. The largest absolute Gasteiger partial charge is 0.490 e. The molecule has 12 nitrogen and oxygen atoms in total. The molecule has 0 aromatic heterocycles. The van der Waals surface area contributed by atoms with Crippen molar-refractivity contribution in [1.82, 2.24) is 16.0 Å². The number of halogens is 1. The molecule has 0 aliphatic rings. The molecule has 1 aromatic rings. The lowest BCUT2D eigenvalue weighted by Crippen LogP contribution is -2.56. The van der Waals surface area contributed by atoms with E-state index in [1.165, 1.54) is 13.0 Å². The SMILES string of the molecule is C=CCOc1ccc(C[C@H](NC(C)=O)C(=O)N[C@@H](CCCN=C(N)N)C(=O)N[C@@H](CC=C)C(=O)O)cc1.Cl. The number of carbonyl (C=O) groups is 4. The summed E-state index contributed by atoms with van der Waals surface area (Å²) in [5, 5.41) is 17.0. The van der Waals surface area contributed by atoms with Crippen molar-refractivity contribution in [2.75, 3.05) is 13.2 Å². The van der Waals surface area contributed by atoms with Crippen LogP contribution >= 0.6 is 12.4 Å². The van der Waals surface area contributed by atoms with Gasteiger partial charge in [-0.25, -0.2) is 4.79 Å². The standard InChI is InChI=1S/C25H36N6O6.ClH/c1-4-7-20(24(35)36)31-22(33)19(8-6-13-28-25(26)27)30-23(34)21(29-16(3)32)15-17-9-11-18(12-10-17)37-14-5-2;/h4-5,9-12,19-21H,1-2,6-8,13-15H2,3H3,(H,29,32)(H,30,34)(H,31,33)(H,35,36)(H4,26,27,28);1H/t19-,20-,21-;/m0./s1. The Balaban J connectivity index is 0.0000137. The van der Waals surface area contributed by atoms with Crippen LogP contribution in [0.3, 0.4) is 0 Å². The Kier molecular flexibility index (Phi) is 16.3. The van der Waals surface area contributed by atoms with Crippen LogP contribution in [0.2, 0.25) is 0 Å². The van der Waals surface area contributed by atoms with Crippen LogP contribution in [0.15, 0.2) is 54.6 Å². The monoisotopic (exact) mass is 552 g/mol. The van der Waals surface area contributed by atoms with E-state index in [0.717, 1.165) is 5.56 Å². The minimum Gasteiger partial charge on any atom is -0.490 e. The zero-order valence-corrected chi connectivity index (χ0v) is 22.2. The van der Waals surface area contributed by atoms with E-state index in [9.17, 15) is 24.3 Å². The molecular formula is C25H37ClN6O6. The number of hydrogen-bond donors (Lipinski definition) is 6. The Labute approximate surface area is 228 Å². The fraction of sp³-hybridized carbons (Fsp3) is 0.400. The Morgan fingerprint density at radius 3 is 2.13 bits per heavy atom. The maximum atomic E-state index is 13.2. The summed E-state index contributed by atoms with van der Waals surface area (Å²) < 4.78 is 5.45. The van der Waals surface area contributed by atoms with Crippen molar-refractivity contribution in [2.24, 2.45) is 16.5 Å². The van der Waals surface area contributed by atoms with E-state index in [1.807, 2.05) is 0 Å². The molecule has 1 rings (SSSR count). The number of amides is 3. The first kappa shape index (κ1) is 33.9. The molecule has 0 spiro atoms. The minimum absolute atomic E-state index is 0. The maximum absolute atomic E-state index is 13.2. The lowest BCUT2D eigenvalue weighted by atomic mass is 10.0. The van der Waals surface area contributed by atoms with Gasteiger partial charge < -0.3 is 37.3 Å². The van der Waals surface area contributed by atoms with Gasteiger partial charge in [-0.15, -0.1) is 19.0 Å². The lowest BCUT2D eigenvalue weighted by Gasteiger charge is -2.24. The van der Waals surface area contributed by atoms with E-state index >= 15 is 0 Å². The van der Waals surface area contributed by atoms with Crippen LogP contribution in [0.25, 0.3) is 0 Å². The van der Waals surface area contributed by atoms with Crippen molar-refractivity contribution in [3.8, 4) is 5.75 Å². The van der Waals surface area contributed by atoms with Crippen molar-refractivity contribution in [1.29, 1.82) is 0 Å². The molecule has 0 aliphatic carbocycles. The third-order valence-electron chi connectivity index (χ3n) is 5.02. The average Bonchev–Trinajstić information content (AvgIpc) is 2.84. The topological polar surface area (TPSA) is 198 Å². The van der Waals surface area contributed by atoms with E-state index < -0.39 is 41.8 Å². The Morgan fingerprint density at radius 2 is 1.61 bits per heavy atom. The normalized spacial score (nSPS) is 12.3. The number of nitrogens with two attached hydrogens (primary N) is 2. The first-order chi connectivity index (χ1) is 17.6. The van der Waals surface area contributed by atoms with Gasteiger partial charge in [-0.05, 0) is 37.0 Å². The van der Waals surface area contributed by atoms with Crippen LogP contribution < -0.4 is 32.2 Å². The van der Waals surface area contributed by atoms with E-state index in [0.29, 0.717) is 18.8 Å². The van der Waals surface area contributed by atoms with E-state index in [2.05, 4.69) is 34.1 Å². The van der Waals surface area contributed by atoms with Gasteiger partial charge in [-0.2, -0.15) is 0 Å². The predicted molar refractivity (Wildman–Crippen MR) is 147 cm³/mol. The van der Waals surface area contributed by atoms with E-state index in [-0.39, 0.29) is 44.2 Å². The number of carbonyl (C=O) groups excluding carboxylic acids is 3. The van der Waals surface area contributed by atoms with Gasteiger partial charge in [0.1, 0.15) is 30.5 Å². The van der Waals surface area contributed by atoms with Gasteiger partial charge in [0.25, 0.3) is 0 Å². The fourth-order valence-corrected chi connectivity index (χ4v) is 3.27. The molecule has 0 fully saturated rings.